The number of primary amides is 1. The van der Waals surface area contributed by atoms with Gasteiger partial charge in [0.25, 0.3) is 0 Å². The van der Waals surface area contributed by atoms with Crippen LogP contribution in [0.1, 0.15) is 15.9 Å². The highest BCUT2D eigenvalue weighted by molar-refractivity contribution is 7.99. The van der Waals surface area contributed by atoms with Crippen LogP contribution in [0.3, 0.4) is 0 Å². The lowest BCUT2D eigenvalue weighted by molar-refractivity contribution is -0.115. The van der Waals surface area contributed by atoms with Crippen molar-refractivity contribution in [1.82, 2.24) is 0 Å². The molecule has 4 nitrogen and oxygen atoms in total. The Bertz CT molecular complexity index is 379. The van der Waals surface area contributed by atoms with Crippen molar-refractivity contribution in [2.45, 2.75) is 5.75 Å². The van der Waals surface area contributed by atoms with Gasteiger partial charge in [-0.05, 0) is 11.6 Å². The molecule has 0 aliphatic heterocycles. The Morgan fingerprint density at radius 3 is 2.60 bits per heavy atom. The largest absolute Gasteiger partial charge is 0.478 e. The monoisotopic (exact) mass is 225 g/mol. The van der Waals surface area contributed by atoms with Crippen molar-refractivity contribution in [3.8, 4) is 0 Å². The maximum Gasteiger partial charge on any atom is 0.335 e. The van der Waals surface area contributed by atoms with Gasteiger partial charge in [-0.2, -0.15) is 0 Å². The minimum Gasteiger partial charge on any atom is -0.478 e. The first-order valence-electron chi connectivity index (χ1n) is 4.28. The van der Waals surface area contributed by atoms with Crippen LogP contribution in [0, 0.1) is 0 Å². The van der Waals surface area contributed by atoms with Crippen molar-refractivity contribution in [1.29, 1.82) is 0 Å². The van der Waals surface area contributed by atoms with Crippen LogP contribution in [0.5, 0.6) is 0 Å². The van der Waals surface area contributed by atoms with E-state index in [1.54, 1.807) is 24.3 Å². The number of amides is 1. The summed E-state index contributed by atoms with van der Waals surface area (Å²) in [7, 11) is 0. The third kappa shape index (κ3) is 3.63. The van der Waals surface area contributed by atoms with Gasteiger partial charge in [0.1, 0.15) is 0 Å². The fourth-order valence-electron chi connectivity index (χ4n) is 1.12. The molecule has 15 heavy (non-hydrogen) atoms. The lowest BCUT2D eigenvalue weighted by atomic mass is 10.1. The van der Waals surface area contributed by atoms with Gasteiger partial charge in [0, 0.05) is 5.75 Å². The molecular formula is C10H11NO3S. The van der Waals surface area contributed by atoms with E-state index in [9.17, 15) is 9.59 Å². The molecule has 0 radical (unpaired) electrons. The molecule has 1 aromatic carbocycles. The highest BCUT2D eigenvalue weighted by atomic mass is 32.2. The van der Waals surface area contributed by atoms with E-state index in [2.05, 4.69) is 0 Å². The highest BCUT2D eigenvalue weighted by Gasteiger charge is 2.08. The average molecular weight is 225 g/mol. The summed E-state index contributed by atoms with van der Waals surface area (Å²) in [6.07, 6.45) is 0. The van der Waals surface area contributed by atoms with E-state index in [1.807, 2.05) is 0 Å². The third-order valence-corrected chi connectivity index (χ3v) is 2.75. The number of hydrogen-bond acceptors (Lipinski definition) is 3. The van der Waals surface area contributed by atoms with Gasteiger partial charge in [-0.25, -0.2) is 4.79 Å². The molecule has 0 unspecified atom stereocenters. The standard InChI is InChI=1S/C10H11NO3S/c11-9(12)6-15-5-7-3-1-2-4-8(7)10(13)14/h1-4H,5-6H2,(H2,11,12)(H,13,14). The van der Waals surface area contributed by atoms with Crippen LogP contribution in [-0.4, -0.2) is 22.7 Å². The zero-order valence-electron chi connectivity index (χ0n) is 7.97. The van der Waals surface area contributed by atoms with E-state index in [1.165, 1.54) is 11.8 Å². The Labute approximate surface area is 91.5 Å². The molecule has 0 bridgehead atoms. The molecule has 0 atom stereocenters. The SMILES string of the molecule is NC(=O)CSCc1ccccc1C(=O)O. The number of nitrogens with two attached hydrogens (primary N) is 1. The number of carbonyl (C=O) groups excluding carboxylic acids is 1. The molecule has 0 fully saturated rings. The predicted octanol–water partition coefficient (Wildman–Crippen LogP) is 1.10. The molecule has 0 saturated heterocycles. The number of carboxylic acids is 1. The van der Waals surface area contributed by atoms with Crippen molar-refractivity contribution in [2.75, 3.05) is 5.75 Å². The average Bonchev–Trinajstić information content (AvgIpc) is 2.17. The van der Waals surface area contributed by atoms with E-state index in [-0.39, 0.29) is 11.3 Å². The second-order valence-corrected chi connectivity index (χ2v) is 3.91. The summed E-state index contributed by atoms with van der Waals surface area (Å²) in [5, 5.41) is 8.87. The van der Waals surface area contributed by atoms with Gasteiger partial charge in [-0.15, -0.1) is 11.8 Å². The van der Waals surface area contributed by atoms with E-state index >= 15 is 0 Å². The molecule has 0 spiro atoms. The molecule has 0 aliphatic carbocycles. The number of hydrogen-bond donors (Lipinski definition) is 2. The molecule has 80 valence electrons. The normalized spacial score (nSPS) is 9.87. The van der Waals surface area contributed by atoms with Gasteiger partial charge >= 0.3 is 5.97 Å². The summed E-state index contributed by atoms with van der Waals surface area (Å²) in [5.74, 6) is -0.669. The lowest BCUT2D eigenvalue weighted by Crippen LogP contribution is -2.13. The maximum absolute atomic E-state index is 10.8. The number of rotatable bonds is 5. The van der Waals surface area contributed by atoms with Crippen molar-refractivity contribution in [2.24, 2.45) is 5.73 Å². The topological polar surface area (TPSA) is 80.4 Å². The van der Waals surface area contributed by atoms with Gasteiger partial charge in [0.2, 0.25) is 5.91 Å². The van der Waals surface area contributed by atoms with Gasteiger partial charge in [-0.3, -0.25) is 4.79 Å². The van der Waals surface area contributed by atoms with Crippen LogP contribution in [-0.2, 0) is 10.5 Å². The molecule has 5 heteroatoms. The van der Waals surface area contributed by atoms with Crippen LogP contribution in [0.15, 0.2) is 24.3 Å². The zero-order chi connectivity index (χ0) is 11.3. The molecule has 0 saturated carbocycles. The first-order chi connectivity index (χ1) is 7.11. The Morgan fingerprint density at radius 1 is 1.33 bits per heavy atom. The fourth-order valence-corrected chi connectivity index (χ4v) is 1.89. The van der Waals surface area contributed by atoms with E-state index < -0.39 is 11.9 Å². The summed E-state index contributed by atoms with van der Waals surface area (Å²) in [5.41, 5.74) is 5.96. The van der Waals surface area contributed by atoms with Gasteiger partial charge in [-0.1, -0.05) is 18.2 Å². The van der Waals surface area contributed by atoms with Crippen molar-refractivity contribution >= 4 is 23.6 Å². The molecule has 0 aliphatic rings. The van der Waals surface area contributed by atoms with Crippen molar-refractivity contribution < 1.29 is 14.7 Å². The maximum atomic E-state index is 10.8. The van der Waals surface area contributed by atoms with E-state index in [4.69, 9.17) is 10.8 Å². The second-order valence-electron chi connectivity index (χ2n) is 2.92. The summed E-state index contributed by atoms with van der Waals surface area (Å²) in [6.45, 7) is 0. The Balaban J connectivity index is 2.67. The molecule has 0 heterocycles. The smallest absolute Gasteiger partial charge is 0.335 e. The summed E-state index contributed by atoms with van der Waals surface area (Å²) < 4.78 is 0. The van der Waals surface area contributed by atoms with Crippen LogP contribution < -0.4 is 5.73 Å². The van der Waals surface area contributed by atoms with Crippen LogP contribution in [0.2, 0.25) is 0 Å². The van der Waals surface area contributed by atoms with E-state index in [0.717, 1.165) is 0 Å². The summed E-state index contributed by atoms with van der Waals surface area (Å²) in [6, 6.07) is 6.72. The Morgan fingerprint density at radius 2 is 2.00 bits per heavy atom. The Hall–Kier alpha value is -1.49. The van der Waals surface area contributed by atoms with Gasteiger partial charge in [0.05, 0.1) is 11.3 Å². The molecule has 1 rings (SSSR count). The highest BCUT2D eigenvalue weighted by Crippen LogP contribution is 2.16. The minimum atomic E-state index is -0.953. The van der Waals surface area contributed by atoms with Crippen molar-refractivity contribution in [3.05, 3.63) is 35.4 Å². The predicted molar refractivity (Wildman–Crippen MR) is 58.8 cm³/mol. The first kappa shape index (κ1) is 11.6. The first-order valence-corrected chi connectivity index (χ1v) is 5.44. The van der Waals surface area contributed by atoms with Gasteiger partial charge < -0.3 is 10.8 Å². The fraction of sp³-hybridized carbons (Fsp3) is 0.200. The number of thioether (sulfide) groups is 1. The molecular weight excluding hydrogens is 214 g/mol. The molecule has 1 aromatic rings. The quantitative estimate of drug-likeness (QED) is 0.786. The Kier molecular flexibility index (Phi) is 4.17. The number of benzene rings is 1. The second kappa shape index (κ2) is 5.41. The minimum absolute atomic E-state index is 0.202. The van der Waals surface area contributed by atoms with Crippen LogP contribution in [0.25, 0.3) is 0 Å². The lowest BCUT2D eigenvalue weighted by Gasteiger charge is -2.04. The summed E-state index contributed by atoms with van der Waals surface area (Å²) in [4.78, 5) is 21.3. The number of carboxylic acid groups (broad SMARTS) is 1. The van der Waals surface area contributed by atoms with Gasteiger partial charge in [0.15, 0.2) is 0 Å². The number of aromatic carboxylic acids is 1. The van der Waals surface area contributed by atoms with Crippen LogP contribution in [0.4, 0.5) is 0 Å². The van der Waals surface area contributed by atoms with E-state index in [0.29, 0.717) is 11.3 Å². The third-order valence-electron chi connectivity index (χ3n) is 1.75. The summed E-state index contributed by atoms with van der Waals surface area (Å²) >= 11 is 1.31. The molecule has 0 aromatic heterocycles. The number of carbonyl (C=O) groups is 2. The molecule has 1 amide bonds. The van der Waals surface area contributed by atoms with Crippen molar-refractivity contribution in [3.63, 3.8) is 0 Å². The molecule has 3 N–H and O–H groups in total. The van der Waals surface area contributed by atoms with Crippen LogP contribution >= 0.6 is 11.8 Å². The zero-order valence-corrected chi connectivity index (χ0v) is 8.79.